The Kier molecular flexibility index (Phi) is 6.25. The minimum atomic E-state index is -0.932. The summed E-state index contributed by atoms with van der Waals surface area (Å²) in [5.41, 5.74) is 2.44. The van der Waals surface area contributed by atoms with Gasteiger partial charge in [0.05, 0.1) is 24.8 Å². The number of ether oxygens (including phenoxy) is 2. The minimum absolute atomic E-state index is 0.0718. The molecule has 1 fully saturated rings. The van der Waals surface area contributed by atoms with E-state index in [4.69, 9.17) is 9.47 Å². The molecule has 2 aliphatic rings. The van der Waals surface area contributed by atoms with Crippen molar-refractivity contribution in [2.45, 2.75) is 25.1 Å². The summed E-state index contributed by atoms with van der Waals surface area (Å²) in [4.78, 5) is 53.5. The molecule has 3 aromatic rings. The van der Waals surface area contributed by atoms with E-state index in [-0.39, 0.29) is 24.1 Å². The Labute approximate surface area is 208 Å². The fourth-order valence-corrected chi connectivity index (χ4v) is 4.54. The first-order valence-corrected chi connectivity index (χ1v) is 11.6. The molecule has 2 unspecified atom stereocenters. The standard InChI is InChI=1S/C28H24N2O6/c1-35-28(34)23(15-18-11-13-20(14-12-18)36-17-19-7-3-2-4-8-19)29-16-24(27(29)33)30-25(31)21-9-5-6-10-22(21)26(30)32/h2-14,23-24H,15-17H2,1H3. The van der Waals surface area contributed by atoms with E-state index in [9.17, 15) is 19.2 Å². The first kappa shape index (κ1) is 23.3. The van der Waals surface area contributed by atoms with Crippen LogP contribution in [-0.2, 0) is 27.4 Å². The zero-order chi connectivity index (χ0) is 25.2. The second-order valence-corrected chi connectivity index (χ2v) is 8.69. The fourth-order valence-electron chi connectivity index (χ4n) is 4.54. The number of β-lactam (4-membered cyclic amide) rings is 1. The summed E-state index contributed by atoms with van der Waals surface area (Å²) >= 11 is 0. The molecule has 0 aliphatic carbocycles. The fraction of sp³-hybridized carbons (Fsp3) is 0.214. The van der Waals surface area contributed by atoms with Crippen molar-refractivity contribution in [1.29, 1.82) is 0 Å². The summed E-state index contributed by atoms with van der Waals surface area (Å²) < 4.78 is 10.8. The lowest BCUT2D eigenvalue weighted by molar-refractivity contribution is -0.163. The maximum absolute atomic E-state index is 13.1. The maximum atomic E-state index is 13.1. The number of hydrogen-bond acceptors (Lipinski definition) is 6. The van der Waals surface area contributed by atoms with E-state index in [1.165, 1.54) is 12.0 Å². The van der Waals surface area contributed by atoms with E-state index in [2.05, 4.69) is 0 Å². The van der Waals surface area contributed by atoms with Crippen LogP contribution in [0.1, 0.15) is 31.8 Å². The van der Waals surface area contributed by atoms with E-state index < -0.39 is 35.8 Å². The molecule has 1 saturated heterocycles. The minimum Gasteiger partial charge on any atom is -0.489 e. The van der Waals surface area contributed by atoms with Crippen molar-refractivity contribution in [1.82, 2.24) is 9.80 Å². The molecule has 2 heterocycles. The largest absolute Gasteiger partial charge is 0.489 e. The van der Waals surface area contributed by atoms with Crippen molar-refractivity contribution in [3.8, 4) is 5.75 Å². The molecule has 3 aromatic carbocycles. The van der Waals surface area contributed by atoms with Crippen LogP contribution >= 0.6 is 0 Å². The molecular weight excluding hydrogens is 460 g/mol. The molecule has 36 heavy (non-hydrogen) atoms. The number of benzene rings is 3. The molecule has 0 radical (unpaired) electrons. The number of amides is 3. The molecule has 5 rings (SSSR count). The van der Waals surface area contributed by atoms with Crippen LogP contribution in [-0.4, -0.2) is 59.2 Å². The highest BCUT2D eigenvalue weighted by molar-refractivity contribution is 6.23. The molecule has 3 amide bonds. The van der Waals surface area contributed by atoms with Gasteiger partial charge in [-0.1, -0.05) is 54.6 Å². The predicted octanol–water partition coefficient (Wildman–Crippen LogP) is 2.86. The molecule has 0 bridgehead atoms. The molecule has 2 atom stereocenters. The van der Waals surface area contributed by atoms with E-state index in [0.29, 0.717) is 12.4 Å². The third kappa shape index (κ3) is 4.22. The van der Waals surface area contributed by atoms with Crippen LogP contribution in [0.15, 0.2) is 78.9 Å². The van der Waals surface area contributed by atoms with E-state index in [1.54, 1.807) is 24.3 Å². The number of likely N-dealkylation sites (tertiary alicyclic amines) is 1. The quantitative estimate of drug-likeness (QED) is 0.277. The van der Waals surface area contributed by atoms with Crippen molar-refractivity contribution in [3.63, 3.8) is 0 Å². The van der Waals surface area contributed by atoms with E-state index >= 15 is 0 Å². The van der Waals surface area contributed by atoms with Crippen LogP contribution < -0.4 is 4.74 Å². The van der Waals surface area contributed by atoms with Gasteiger partial charge in [-0.3, -0.25) is 19.3 Å². The number of carbonyl (C=O) groups excluding carboxylic acids is 4. The van der Waals surface area contributed by atoms with Crippen LogP contribution in [0.4, 0.5) is 0 Å². The van der Waals surface area contributed by atoms with Crippen LogP contribution in [0, 0.1) is 0 Å². The summed E-state index contributed by atoms with van der Waals surface area (Å²) in [6, 6.07) is 21.8. The Balaban J connectivity index is 1.25. The molecule has 0 spiro atoms. The van der Waals surface area contributed by atoms with Crippen molar-refractivity contribution in [3.05, 3.63) is 101 Å². The van der Waals surface area contributed by atoms with Crippen LogP contribution in [0.3, 0.4) is 0 Å². The van der Waals surface area contributed by atoms with Gasteiger partial charge in [-0.2, -0.15) is 0 Å². The maximum Gasteiger partial charge on any atom is 0.328 e. The van der Waals surface area contributed by atoms with E-state index in [0.717, 1.165) is 16.0 Å². The number of imide groups is 1. The Bertz CT molecular complexity index is 1290. The number of esters is 1. The summed E-state index contributed by atoms with van der Waals surface area (Å²) in [5, 5.41) is 0. The van der Waals surface area contributed by atoms with Crippen molar-refractivity contribution < 1.29 is 28.7 Å². The normalized spacial score (nSPS) is 17.5. The molecule has 0 saturated carbocycles. The van der Waals surface area contributed by atoms with Crippen molar-refractivity contribution >= 4 is 23.7 Å². The van der Waals surface area contributed by atoms with Gasteiger partial charge in [0.2, 0.25) is 5.91 Å². The number of nitrogens with zero attached hydrogens (tertiary/aromatic N) is 2. The number of rotatable bonds is 8. The monoisotopic (exact) mass is 484 g/mol. The first-order chi connectivity index (χ1) is 17.5. The lowest BCUT2D eigenvalue weighted by Gasteiger charge is -2.45. The topological polar surface area (TPSA) is 93.2 Å². The highest BCUT2D eigenvalue weighted by Gasteiger charge is 2.52. The highest BCUT2D eigenvalue weighted by Crippen LogP contribution is 2.30. The number of carbonyl (C=O) groups is 4. The van der Waals surface area contributed by atoms with Gasteiger partial charge < -0.3 is 14.4 Å². The second kappa shape index (κ2) is 9.65. The molecule has 2 aliphatic heterocycles. The zero-order valence-electron chi connectivity index (χ0n) is 19.6. The number of methoxy groups -OCH3 is 1. The predicted molar refractivity (Wildman–Crippen MR) is 129 cm³/mol. The summed E-state index contributed by atoms with van der Waals surface area (Å²) in [7, 11) is 1.27. The molecule has 0 aromatic heterocycles. The highest BCUT2D eigenvalue weighted by atomic mass is 16.5. The van der Waals surface area contributed by atoms with Gasteiger partial charge in [0, 0.05) is 6.42 Å². The van der Waals surface area contributed by atoms with Gasteiger partial charge >= 0.3 is 5.97 Å². The Morgan fingerprint density at radius 1 is 0.861 bits per heavy atom. The average molecular weight is 485 g/mol. The molecule has 8 nitrogen and oxygen atoms in total. The molecule has 182 valence electrons. The summed E-state index contributed by atoms with van der Waals surface area (Å²) in [6.07, 6.45) is 0.228. The smallest absolute Gasteiger partial charge is 0.328 e. The third-order valence-corrected chi connectivity index (χ3v) is 6.53. The molecular formula is C28H24N2O6. The van der Waals surface area contributed by atoms with Gasteiger partial charge in [0.1, 0.15) is 24.4 Å². The van der Waals surface area contributed by atoms with Crippen LogP contribution in [0.25, 0.3) is 0 Å². The molecule has 8 heteroatoms. The molecule has 0 N–H and O–H groups in total. The van der Waals surface area contributed by atoms with E-state index in [1.807, 2.05) is 54.6 Å². The Morgan fingerprint density at radius 2 is 1.47 bits per heavy atom. The summed E-state index contributed by atoms with van der Waals surface area (Å²) in [5.74, 6) is -1.32. The zero-order valence-corrected chi connectivity index (χ0v) is 19.6. The van der Waals surface area contributed by atoms with Crippen LogP contribution in [0.5, 0.6) is 5.75 Å². The lowest BCUT2D eigenvalue weighted by atomic mass is 9.97. The Hall–Kier alpha value is -4.46. The number of hydrogen-bond donors (Lipinski definition) is 0. The van der Waals surface area contributed by atoms with Gasteiger partial charge in [0.25, 0.3) is 11.8 Å². The Morgan fingerprint density at radius 3 is 2.06 bits per heavy atom. The van der Waals surface area contributed by atoms with Gasteiger partial charge in [0.15, 0.2) is 0 Å². The van der Waals surface area contributed by atoms with Gasteiger partial charge in [-0.05, 0) is 35.4 Å². The second-order valence-electron chi connectivity index (χ2n) is 8.69. The van der Waals surface area contributed by atoms with Crippen molar-refractivity contribution in [2.24, 2.45) is 0 Å². The lowest BCUT2D eigenvalue weighted by Crippen LogP contribution is -2.69. The van der Waals surface area contributed by atoms with Crippen LogP contribution in [0.2, 0.25) is 0 Å². The van der Waals surface area contributed by atoms with Crippen molar-refractivity contribution in [2.75, 3.05) is 13.7 Å². The summed E-state index contributed by atoms with van der Waals surface area (Å²) in [6.45, 7) is 0.509. The van der Waals surface area contributed by atoms with Gasteiger partial charge in [-0.15, -0.1) is 0 Å². The average Bonchev–Trinajstić information content (AvgIpc) is 3.16. The SMILES string of the molecule is COC(=O)C(Cc1ccc(OCc2ccccc2)cc1)N1CC(N2C(=O)c3ccccc3C2=O)C1=O. The number of fused-ring (bicyclic) bond motifs is 1. The third-order valence-electron chi connectivity index (χ3n) is 6.53. The van der Waals surface area contributed by atoms with Gasteiger partial charge in [-0.25, -0.2) is 4.79 Å². The first-order valence-electron chi connectivity index (χ1n) is 11.6.